The van der Waals surface area contributed by atoms with Crippen LogP contribution in [0.15, 0.2) is 48.5 Å². The number of anilines is 2. The Labute approximate surface area is 152 Å². The van der Waals surface area contributed by atoms with Gasteiger partial charge in [0.2, 0.25) is 11.8 Å². The molecule has 0 saturated heterocycles. The third kappa shape index (κ3) is 4.69. The first-order valence-electron chi connectivity index (χ1n) is 8.88. The van der Waals surface area contributed by atoms with E-state index in [-0.39, 0.29) is 29.5 Å². The average Bonchev–Trinajstić information content (AvgIpc) is 3.37. The molecule has 0 heterocycles. The quantitative estimate of drug-likeness (QED) is 0.799. The number of nitrogens with one attached hydrogen (secondary N) is 2. The zero-order valence-corrected chi connectivity index (χ0v) is 15.0. The van der Waals surface area contributed by atoms with Crippen molar-refractivity contribution in [1.29, 1.82) is 0 Å². The van der Waals surface area contributed by atoms with E-state index in [1.165, 1.54) is 12.1 Å². The van der Waals surface area contributed by atoms with E-state index in [4.69, 9.17) is 0 Å². The second-order valence-corrected chi connectivity index (χ2v) is 7.21. The maximum atomic E-state index is 13.0. The molecule has 2 amide bonds. The van der Waals surface area contributed by atoms with Gasteiger partial charge >= 0.3 is 0 Å². The second-order valence-electron chi connectivity index (χ2n) is 7.21. The van der Waals surface area contributed by atoms with E-state index < -0.39 is 0 Å². The molecule has 0 aliphatic heterocycles. The highest BCUT2D eigenvalue weighted by molar-refractivity contribution is 5.96. The van der Waals surface area contributed by atoms with Crippen molar-refractivity contribution in [1.82, 2.24) is 0 Å². The predicted octanol–water partition coefficient (Wildman–Crippen LogP) is 4.55. The smallest absolute Gasteiger partial charge is 0.228 e. The van der Waals surface area contributed by atoms with Crippen LogP contribution in [0, 0.1) is 17.7 Å². The van der Waals surface area contributed by atoms with Gasteiger partial charge in [-0.2, -0.15) is 0 Å². The normalized spacial score (nSPS) is 18.5. The zero-order chi connectivity index (χ0) is 18.7. The Bertz CT molecular complexity index is 785. The highest BCUT2D eigenvalue weighted by Gasteiger charge is 2.43. The first kappa shape index (κ1) is 18.1. The van der Waals surface area contributed by atoms with Crippen LogP contribution in [0.5, 0.6) is 0 Å². The molecular formula is C21H23FN2O2. The van der Waals surface area contributed by atoms with E-state index in [1.54, 1.807) is 36.4 Å². The highest BCUT2D eigenvalue weighted by atomic mass is 19.1. The minimum absolute atomic E-state index is 0.0168. The van der Waals surface area contributed by atoms with Crippen LogP contribution in [-0.2, 0) is 9.59 Å². The van der Waals surface area contributed by atoms with Crippen molar-refractivity contribution in [2.45, 2.75) is 32.6 Å². The van der Waals surface area contributed by atoms with Gasteiger partial charge < -0.3 is 10.6 Å². The summed E-state index contributed by atoms with van der Waals surface area (Å²) in [5.41, 5.74) is 2.40. The Morgan fingerprint density at radius 3 is 2.15 bits per heavy atom. The maximum absolute atomic E-state index is 13.0. The molecule has 2 aromatic carbocycles. The summed E-state index contributed by atoms with van der Waals surface area (Å²) < 4.78 is 13.0. The Morgan fingerprint density at radius 2 is 1.58 bits per heavy atom. The van der Waals surface area contributed by atoms with E-state index >= 15 is 0 Å². The van der Waals surface area contributed by atoms with Crippen molar-refractivity contribution >= 4 is 23.2 Å². The molecule has 2 atom stereocenters. The molecule has 3 rings (SSSR count). The van der Waals surface area contributed by atoms with Gasteiger partial charge in [-0.3, -0.25) is 9.59 Å². The van der Waals surface area contributed by atoms with Crippen LogP contribution in [-0.4, -0.2) is 11.8 Å². The van der Waals surface area contributed by atoms with Crippen molar-refractivity contribution in [2.75, 3.05) is 10.6 Å². The van der Waals surface area contributed by atoms with Gasteiger partial charge in [0.15, 0.2) is 0 Å². The SMILES string of the molecule is CC(C)CC(=O)Nc1ccc(NC(=O)C2CC2c2ccc(F)cc2)cc1. The summed E-state index contributed by atoms with van der Waals surface area (Å²) in [7, 11) is 0. The largest absolute Gasteiger partial charge is 0.326 e. The molecular weight excluding hydrogens is 331 g/mol. The summed E-state index contributed by atoms with van der Waals surface area (Å²) in [6, 6.07) is 13.4. The summed E-state index contributed by atoms with van der Waals surface area (Å²) in [6.45, 7) is 3.99. The molecule has 1 fully saturated rings. The minimum atomic E-state index is -0.268. The molecule has 2 unspecified atom stereocenters. The van der Waals surface area contributed by atoms with Gasteiger partial charge in [0.25, 0.3) is 0 Å². The molecule has 0 aromatic heterocycles. The van der Waals surface area contributed by atoms with Gasteiger partial charge in [-0.05, 0) is 60.2 Å². The first-order valence-corrected chi connectivity index (χ1v) is 8.88. The van der Waals surface area contributed by atoms with Gasteiger partial charge in [0.1, 0.15) is 5.82 Å². The second kappa shape index (κ2) is 7.68. The van der Waals surface area contributed by atoms with Gasteiger partial charge in [-0.15, -0.1) is 0 Å². The van der Waals surface area contributed by atoms with Gasteiger partial charge in [0, 0.05) is 23.7 Å². The Morgan fingerprint density at radius 1 is 1.00 bits per heavy atom. The summed E-state index contributed by atoms with van der Waals surface area (Å²) in [4.78, 5) is 24.1. The lowest BCUT2D eigenvalue weighted by atomic mass is 10.1. The van der Waals surface area contributed by atoms with Gasteiger partial charge in [-0.25, -0.2) is 4.39 Å². The molecule has 5 heteroatoms. The van der Waals surface area contributed by atoms with E-state index in [9.17, 15) is 14.0 Å². The van der Waals surface area contributed by atoms with E-state index in [0.29, 0.717) is 23.7 Å². The molecule has 1 saturated carbocycles. The maximum Gasteiger partial charge on any atom is 0.228 e. The van der Waals surface area contributed by atoms with Crippen LogP contribution in [0.4, 0.5) is 15.8 Å². The number of hydrogen-bond donors (Lipinski definition) is 2. The van der Waals surface area contributed by atoms with Crippen molar-refractivity contribution in [2.24, 2.45) is 11.8 Å². The predicted molar refractivity (Wildman–Crippen MR) is 100 cm³/mol. The molecule has 4 nitrogen and oxygen atoms in total. The minimum Gasteiger partial charge on any atom is -0.326 e. The van der Waals surface area contributed by atoms with Crippen LogP contribution in [0.2, 0.25) is 0 Å². The number of rotatable bonds is 6. The Hall–Kier alpha value is -2.69. The summed E-state index contributed by atoms with van der Waals surface area (Å²) in [6.07, 6.45) is 1.26. The van der Waals surface area contributed by atoms with E-state index in [2.05, 4.69) is 10.6 Å². The molecule has 0 bridgehead atoms. The van der Waals surface area contributed by atoms with Crippen LogP contribution in [0.3, 0.4) is 0 Å². The topological polar surface area (TPSA) is 58.2 Å². The fourth-order valence-corrected chi connectivity index (χ4v) is 3.02. The number of carbonyl (C=O) groups is 2. The molecule has 0 spiro atoms. The molecule has 1 aliphatic rings. The van der Waals surface area contributed by atoms with Crippen LogP contribution >= 0.6 is 0 Å². The van der Waals surface area contributed by atoms with Crippen molar-refractivity contribution in [3.63, 3.8) is 0 Å². The van der Waals surface area contributed by atoms with E-state index in [1.807, 2.05) is 13.8 Å². The van der Waals surface area contributed by atoms with Crippen molar-refractivity contribution < 1.29 is 14.0 Å². The third-order valence-electron chi connectivity index (χ3n) is 4.46. The number of hydrogen-bond acceptors (Lipinski definition) is 2. The summed E-state index contributed by atoms with van der Waals surface area (Å²) in [5, 5.41) is 5.74. The average molecular weight is 354 g/mol. The highest BCUT2D eigenvalue weighted by Crippen LogP contribution is 2.48. The Balaban J connectivity index is 1.52. The molecule has 2 N–H and O–H groups in total. The number of amides is 2. The summed E-state index contributed by atoms with van der Waals surface area (Å²) >= 11 is 0. The van der Waals surface area contributed by atoms with Crippen molar-refractivity contribution in [3.8, 4) is 0 Å². The van der Waals surface area contributed by atoms with Gasteiger partial charge in [-0.1, -0.05) is 26.0 Å². The Kier molecular flexibility index (Phi) is 5.35. The molecule has 26 heavy (non-hydrogen) atoms. The zero-order valence-electron chi connectivity index (χ0n) is 15.0. The number of halogens is 1. The first-order chi connectivity index (χ1) is 12.4. The monoisotopic (exact) mass is 354 g/mol. The standard InChI is InChI=1S/C21H23FN2O2/c1-13(2)11-20(25)23-16-7-9-17(10-8-16)24-21(26)19-12-18(19)14-3-5-15(22)6-4-14/h3-10,13,18-19H,11-12H2,1-2H3,(H,23,25)(H,24,26). The fraction of sp³-hybridized carbons (Fsp3) is 0.333. The third-order valence-corrected chi connectivity index (χ3v) is 4.46. The van der Waals surface area contributed by atoms with Crippen LogP contribution in [0.25, 0.3) is 0 Å². The molecule has 0 radical (unpaired) electrons. The lowest BCUT2D eigenvalue weighted by Gasteiger charge is -2.09. The molecule has 136 valence electrons. The number of carbonyl (C=O) groups excluding carboxylic acids is 2. The lowest BCUT2D eigenvalue weighted by molar-refractivity contribution is -0.118. The fourth-order valence-electron chi connectivity index (χ4n) is 3.02. The van der Waals surface area contributed by atoms with E-state index in [0.717, 1.165) is 12.0 Å². The van der Waals surface area contributed by atoms with Gasteiger partial charge in [0.05, 0.1) is 0 Å². The number of benzene rings is 2. The summed E-state index contributed by atoms with van der Waals surface area (Å²) in [5.74, 6) is 0.0704. The molecule has 1 aliphatic carbocycles. The van der Waals surface area contributed by atoms with Crippen LogP contribution < -0.4 is 10.6 Å². The van der Waals surface area contributed by atoms with Crippen LogP contribution in [0.1, 0.15) is 38.2 Å². The molecule has 2 aromatic rings. The lowest BCUT2D eigenvalue weighted by Crippen LogP contribution is -2.15. The van der Waals surface area contributed by atoms with Crippen molar-refractivity contribution in [3.05, 3.63) is 59.9 Å².